The van der Waals surface area contributed by atoms with Crippen LogP contribution in [0.1, 0.15) is 18.1 Å². The van der Waals surface area contributed by atoms with E-state index in [1.165, 1.54) is 23.4 Å². The molecule has 0 aliphatic carbocycles. The van der Waals surface area contributed by atoms with Crippen LogP contribution in [0.2, 0.25) is 0 Å². The first-order valence-corrected chi connectivity index (χ1v) is 9.41. The van der Waals surface area contributed by atoms with Crippen LogP contribution in [0, 0.1) is 5.82 Å². The Labute approximate surface area is 155 Å². The van der Waals surface area contributed by atoms with Gasteiger partial charge in [-0.25, -0.2) is 4.39 Å². The lowest BCUT2D eigenvalue weighted by molar-refractivity contribution is 0.617. The maximum atomic E-state index is 13.8. The molecule has 0 aliphatic heterocycles. The van der Waals surface area contributed by atoms with Crippen LogP contribution in [-0.2, 0) is 12.2 Å². The molecule has 0 spiro atoms. The number of hydrogen-bond donors (Lipinski definition) is 0. The highest BCUT2D eigenvalue weighted by atomic mass is 32.2. The van der Waals surface area contributed by atoms with Crippen LogP contribution in [0.4, 0.5) is 4.39 Å². The summed E-state index contributed by atoms with van der Waals surface area (Å²) in [6, 6.07) is 19.0. The molecule has 0 saturated carbocycles. The molecule has 4 aromatic rings. The van der Waals surface area contributed by atoms with Gasteiger partial charge >= 0.3 is 0 Å². The fourth-order valence-corrected chi connectivity index (χ4v) is 3.56. The number of fused-ring (bicyclic) bond motifs is 1. The summed E-state index contributed by atoms with van der Waals surface area (Å²) >= 11 is 1.42. The molecule has 0 atom stereocenters. The van der Waals surface area contributed by atoms with Crippen LogP contribution >= 0.6 is 11.8 Å². The van der Waals surface area contributed by atoms with Crippen LogP contribution in [-0.4, -0.2) is 19.8 Å². The zero-order valence-electron chi connectivity index (χ0n) is 14.3. The Balaban J connectivity index is 1.63. The van der Waals surface area contributed by atoms with E-state index in [0.717, 1.165) is 17.7 Å². The van der Waals surface area contributed by atoms with Crippen molar-refractivity contribution in [3.63, 3.8) is 0 Å². The van der Waals surface area contributed by atoms with E-state index in [1.54, 1.807) is 16.6 Å². The molecular formula is C20H17FN4S. The largest absolute Gasteiger partial charge is 0.212 e. The van der Waals surface area contributed by atoms with E-state index in [4.69, 9.17) is 0 Å². The monoisotopic (exact) mass is 364 g/mol. The zero-order valence-corrected chi connectivity index (χ0v) is 15.1. The van der Waals surface area contributed by atoms with Gasteiger partial charge in [0.15, 0.2) is 5.65 Å². The SMILES string of the molecule is CCc1ccc(-c2ccc3nnc(SCc4ccccc4F)n3n2)cc1. The average Bonchev–Trinajstić information content (AvgIpc) is 3.10. The van der Waals surface area contributed by atoms with Gasteiger partial charge in [-0.1, -0.05) is 61.2 Å². The normalized spacial score (nSPS) is 11.2. The van der Waals surface area contributed by atoms with Crippen molar-refractivity contribution in [3.8, 4) is 11.3 Å². The maximum Gasteiger partial charge on any atom is 0.212 e. The minimum atomic E-state index is -0.210. The summed E-state index contributed by atoms with van der Waals surface area (Å²) in [5.74, 6) is 0.267. The summed E-state index contributed by atoms with van der Waals surface area (Å²) in [5.41, 5.74) is 4.51. The molecule has 4 nitrogen and oxygen atoms in total. The molecule has 4 rings (SSSR count). The fraction of sp³-hybridized carbons (Fsp3) is 0.150. The van der Waals surface area contributed by atoms with Gasteiger partial charge in [-0.05, 0) is 35.7 Å². The summed E-state index contributed by atoms with van der Waals surface area (Å²) in [7, 11) is 0. The third-order valence-corrected chi connectivity index (χ3v) is 5.17. The predicted octanol–water partition coefficient (Wildman–Crippen LogP) is 4.79. The van der Waals surface area contributed by atoms with Crippen molar-refractivity contribution < 1.29 is 4.39 Å². The lowest BCUT2D eigenvalue weighted by Gasteiger charge is -2.05. The molecule has 2 aromatic carbocycles. The Bertz CT molecular complexity index is 1040. The Morgan fingerprint density at radius 2 is 1.77 bits per heavy atom. The van der Waals surface area contributed by atoms with Crippen LogP contribution in [0.25, 0.3) is 16.9 Å². The van der Waals surface area contributed by atoms with Gasteiger partial charge in [0.2, 0.25) is 5.16 Å². The quantitative estimate of drug-likeness (QED) is 0.478. The third kappa shape index (κ3) is 3.32. The second kappa shape index (κ2) is 7.25. The summed E-state index contributed by atoms with van der Waals surface area (Å²) in [6.07, 6.45) is 1.01. The van der Waals surface area contributed by atoms with E-state index in [0.29, 0.717) is 22.1 Å². The molecule has 2 heterocycles. The van der Waals surface area contributed by atoms with Crippen molar-refractivity contribution in [2.75, 3.05) is 0 Å². The molecular weight excluding hydrogens is 347 g/mol. The first kappa shape index (κ1) is 16.7. The highest BCUT2D eigenvalue weighted by Crippen LogP contribution is 2.24. The van der Waals surface area contributed by atoms with Crippen molar-refractivity contribution in [2.24, 2.45) is 0 Å². The second-order valence-electron chi connectivity index (χ2n) is 5.90. The van der Waals surface area contributed by atoms with E-state index < -0.39 is 0 Å². The lowest BCUT2D eigenvalue weighted by atomic mass is 10.1. The molecule has 0 saturated heterocycles. The van der Waals surface area contributed by atoms with Crippen molar-refractivity contribution >= 4 is 17.4 Å². The Hall–Kier alpha value is -2.73. The minimum Gasteiger partial charge on any atom is -0.207 e. The van der Waals surface area contributed by atoms with E-state index in [-0.39, 0.29) is 5.82 Å². The summed E-state index contributed by atoms with van der Waals surface area (Å²) in [6.45, 7) is 2.13. The van der Waals surface area contributed by atoms with Gasteiger partial charge in [-0.15, -0.1) is 10.2 Å². The molecule has 0 bridgehead atoms. The van der Waals surface area contributed by atoms with E-state index in [9.17, 15) is 4.39 Å². The van der Waals surface area contributed by atoms with Crippen molar-refractivity contribution in [3.05, 3.63) is 77.6 Å². The van der Waals surface area contributed by atoms with Gasteiger partial charge in [-0.2, -0.15) is 9.61 Å². The third-order valence-electron chi connectivity index (χ3n) is 4.21. The molecule has 0 N–H and O–H groups in total. The molecule has 0 radical (unpaired) electrons. The van der Waals surface area contributed by atoms with Crippen LogP contribution in [0.15, 0.2) is 65.8 Å². The van der Waals surface area contributed by atoms with Gasteiger partial charge in [0.05, 0.1) is 5.69 Å². The van der Waals surface area contributed by atoms with Gasteiger partial charge < -0.3 is 0 Å². The van der Waals surface area contributed by atoms with Gasteiger partial charge in [0.25, 0.3) is 0 Å². The van der Waals surface area contributed by atoms with E-state index in [2.05, 4.69) is 46.5 Å². The minimum absolute atomic E-state index is 0.210. The second-order valence-corrected chi connectivity index (χ2v) is 6.84. The number of aryl methyl sites for hydroxylation is 1. The number of halogens is 1. The smallest absolute Gasteiger partial charge is 0.207 e. The Morgan fingerprint density at radius 1 is 0.962 bits per heavy atom. The molecule has 0 fully saturated rings. The van der Waals surface area contributed by atoms with Gasteiger partial charge in [0, 0.05) is 11.3 Å². The Morgan fingerprint density at radius 3 is 2.54 bits per heavy atom. The first-order chi connectivity index (χ1) is 12.7. The Kier molecular flexibility index (Phi) is 4.67. The molecule has 6 heteroatoms. The summed E-state index contributed by atoms with van der Waals surface area (Å²) in [4.78, 5) is 0. The zero-order chi connectivity index (χ0) is 17.9. The highest BCUT2D eigenvalue weighted by molar-refractivity contribution is 7.98. The van der Waals surface area contributed by atoms with Crippen LogP contribution in [0.5, 0.6) is 0 Å². The molecule has 2 aromatic heterocycles. The standard InChI is InChI=1S/C20H17FN4S/c1-2-14-7-9-15(10-8-14)18-11-12-19-22-23-20(25(19)24-18)26-13-16-5-3-4-6-17(16)21/h3-12H,2,13H2,1H3. The van der Waals surface area contributed by atoms with Crippen molar-refractivity contribution in [2.45, 2.75) is 24.3 Å². The number of nitrogens with zero attached hydrogens (tertiary/aromatic N) is 4. The lowest BCUT2D eigenvalue weighted by Crippen LogP contribution is -1.97. The van der Waals surface area contributed by atoms with Gasteiger partial charge in [0.1, 0.15) is 5.82 Å². The molecule has 0 amide bonds. The topological polar surface area (TPSA) is 43.1 Å². The molecule has 130 valence electrons. The molecule has 0 aliphatic rings. The average molecular weight is 364 g/mol. The van der Waals surface area contributed by atoms with Crippen LogP contribution in [0.3, 0.4) is 0 Å². The molecule has 26 heavy (non-hydrogen) atoms. The number of thioether (sulfide) groups is 1. The van der Waals surface area contributed by atoms with Crippen LogP contribution < -0.4 is 0 Å². The highest BCUT2D eigenvalue weighted by Gasteiger charge is 2.11. The van der Waals surface area contributed by atoms with E-state index in [1.807, 2.05) is 18.2 Å². The summed E-state index contributed by atoms with van der Waals surface area (Å²) < 4.78 is 15.5. The maximum absolute atomic E-state index is 13.8. The number of hydrogen-bond acceptors (Lipinski definition) is 4. The van der Waals surface area contributed by atoms with Crippen molar-refractivity contribution in [1.82, 2.24) is 19.8 Å². The first-order valence-electron chi connectivity index (χ1n) is 8.42. The van der Waals surface area contributed by atoms with Crippen molar-refractivity contribution in [1.29, 1.82) is 0 Å². The van der Waals surface area contributed by atoms with E-state index >= 15 is 0 Å². The number of benzene rings is 2. The molecule has 0 unspecified atom stereocenters. The summed E-state index contributed by atoms with van der Waals surface area (Å²) in [5, 5.41) is 13.7. The number of aromatic nitrogens is 4. The fourth-order valence-electron chi connectivity index (χ4n) is 2.68. The predicted molar refractivity (Wildman–Crippen MR) is 102 cm³/mol. The van der Waals surface area contributed by atoms with Gasteiger partial charge in [-0.3, -0.25) is 0 Å². The number of rotatable bonds is 5.